The molecule has 0 spiro atoms. The lowest BCUT2D eigenvalue weighted by molar-refractivity contribution is 0.290. The van der Waals surface area contributed by atoms with Crippen molar-refractivity contribution in [3.63, 3.8) is 0 Å². The molecule has 1 heterocycles. The van der Waals surface area contributed by atoms with Crippen LogP contribution in [0.2, 0.25) is 0 Å². The van der Waals surface area contributed by atoms with Crippen LogP contribution in [0.4, 0.5) is 0 Å². The molecule has 0 aromatic carbocycles. The van der Waals surface area contributed by atoms with Gasteiger partial charge < -0.3 is 0 Å². The van der Waals surface area contributed by atoms with Crippen molar-refractivity contribution >= 4 is 10.2 Å². The molecule has 0 bridgehead atoms. The third-order valence-electron chi connectivity index (χ3n) is 1.83. The minimum atomic E-state index is -3.27. The third kappa shape index (κ3) is 2.41. The summed E-state index contributed by atoms with van der Waals surface area (Å²) in [5.74, 6) is 0. The summed E-state index contributed by atoms with van der Waals surface area (Å²) in [6, 6.07) is 0. The van der Waals surface area contributed by atoms with E-state index in [1.165, 1.54) is 18.4 Å². The average Bonchev–Trinajstić information content (AvgIpc) is 2.38. The minimum Gasteiger partial charge on any atom is -0.230 e. The summed E-state index contributed by atoms with van der Waals surface area (Å²) in [5, 5.41) is 1.73. The lowest BCUT2D eigenvalue weighted by Gasteiger charge is -2.19. The largest absolute Gasteiger partial charge is 0.291 e. The molecule has 1 rings (SSSR count). The smallest absolute Gasteiger partial charge is 0.230 e. The third-order valence-corrected chi connectivity index (χ3v) is 3.28. The van der Waals surface area contributed by atoms with Gasteiger partial charge in [-0.25, -0.2) is 5.01 Å². The van der Waals surface area contributed by atoms with Gasteiger partial charge in [0.25, 0.3) is 10.2 Å². The number of hydrogen-bond acceptors (Lipinski definition) is 3. The van der Waals surface area contributed by atoms with Gasteiger partial charge in [-0.3, -0.25) is 0 Å². The van der Waals surface area contributed by atoms with E-state index in [1.807, 2.05) is 0 Å². The second-order valence-electron chi connectivity index (χ2n) is 3.07. The summed E-state index contributed by atoms with van der Waals surface area (Å²) in [6.07, 6.45) is 2.13. The molecular formula is C6H15N3O2S. The van der Waals surface area contributed by atoms with Crippen LogP contribution in [0.15, 0.2) is 0 Å². The molecule has 0 aromatic rings. The van der Waals surface area contributed by atoms with Gasteiger partial charge in [-0.05, 0) is 12.8 Å². The van der Waals surface area contributed by atoms with E-state index in [-0.39, 0.29) is 0 Å². The van der Waals surface area contributed by atoms with Gasteiger partial charge in [0.05, 0.1) is 0 Å². The Kier molecular flexibility index (Phi) is 3.05. The Bertz CT molecular complexity index is 231. The van der Waals surface area contributed by atoms with Crippen LogP contribution < -0.4 is 4.83 Å². The molecule has 6 heteroatoms. The van der Waals surface area contributed by atoms with E-state index in [0.29, 0.717) is 0 Å². The lowest BCUT2D eigenvalue weighted by atomic mass is 10.4. The van der Waals surface area contributed by atoms with Crippen molar-refractivity contribution in [2.24, 2.45) is 0 Å². The van der Waals surface area contributed by atoms with Gasteiger partial charge >= 0.3 is 0 Å². The van der Waals surface area contributed by atoms with Crippen LogP contribution in [0.1, 0.15) is 12.8 Å². The van der Waals surface area contributed by atoms with Crippen LogP contribution in [0, 0.1) is 0 Å². The van der Waals surface area contributed by atoms with Crippen LogP contribution in [-0.4, -0.2) is 44.9 Å². The fourth-order valence-corrected chi connectivity index (χ4v) is 1.73. The van der Waals surface area contributed by atoms with Crippen LogP contribution in [0.3, 0.4) is 0 Å². The van der Waals surface area contributed by atoms with Crippen molar-refractivity contribution in [3.8, 4) is 0 Å². The first-order chi connectivity index (χ1) is 5.52. The van der Waals surface area contributed by atoms with Gasteiger partial charge in [0.2, 0.25) is 0 Å². The SMILES string of the molecule is CN(C)S(=O)(=O)NN1CCCC1. The van der Waals surface area contributed by atoms with Gasteiger partial charge in [0.1, 0.15) is 0 Å². The van der Waals surface area contributed by atoms with E-state index in [2.05, 4.69) is 4.83 Å². The van der Waals surface area contributed by atoms with Crippen LogP contribution >= 0.6 is 0 Å². The van der Waals surface area contributed by atoms with E-state index in [1.54, 1.807) is 5.01 Å². The van der Waals surface area contributed by atoms with Gasteiger partial charge in [-0.15, -0.1) is 4.83 Å². The fraction of sp³-hybridized carbons (Fsp3) is 1.00. The number of nitrogens with one attached hydrogen (secondary N) is 1. The summed E-state index contributed by atoms with van der Waals surface area (Å²) in [4.78, 5) is 2.49. The highest BCUT2D eigenvalue weighted by molar-refractivity contribution is 7.87. The maximum absolute atomic E-state index is 11.3. The molecule has 0 aromatic heterocycles. The minimum absolute atomic E-state index is 0.813. The Morgan fingerprint density at radius 2 is 1.75 bits per heavy atom. The van der Waals surface area contributed by atoms with Gasteiger partial charge in [-0.1, -0.05) is 0 Å². The standard InChI is InChI=1S/C6H15N3O2S/c1-8(2)12(10,11)7-9-5-3-4-6-9/h7H,3-6H2,1-2H3. The van der Waals surface area contributed by atoms with Crippen molar-refractivity contribution in [2.45, 2.75) is 12.8 Å². The highest BCUT2D eigenvalue weighted by Crippen LogP contribution is 2.05. The predicted molar refractivity (Wildman–Crippen MR) is 46.5 cm³/mol. The summed E-state index contributed by atoms with van der Waals surface area (Å²) in [7, 11) is -0.248. The second kappa shape index (κ2) is 3.69. The maximum atomic E-state index is 11.3. The van der Waals surface area contributed by atoms with Crippen LogP contribution in [-0.2, 0) is 10.2 Å². The highest BCUT2D eigenvalue weighted by Gasteiger charge is 2.19. The molecule has 12 heavy (non-hydrogen) atoms. The Morgan fingerprint density at radius 3 is 2.17 bits per heavy atom. The second-order valence-corrected chi connectivity index (χ2v) is 4.94. The molecule has 1 aliphatic heterocycles. The number of hydrogen-bond donors (Lipinski definition) is 1. The molecule has 5 nitrogen and oxygen atoms in total. The van der Waals surface area contributed by atoms with Crippen LogP contribution in [0.5, 0.6) is 0 Å². The molecule has 1 fully saturated rings. The Labute approximate surface area is 73.5 Å². The molecule has 0 unspecified atom stereocenters. The molecule has 1 aliphatic rings. The molecule has 0 radical (unpaired) electrons. The summed E-state index contributed by atoms with van der Waals surface area (Å²) in [6.45, 7) is 1.63. The first kappa shape index (κ1) is 9.91. The molecular weight excluding hydrogens is 178 g/mol. The van der Waals surface area contributed by atoms with Crippen molar-refractivity contribution in [1.82, 2.24) is 14.1 Å². The van der Waals surface area contributed by atoms with Gasteiger partial charge in [-0.2, -0.15) is 12.7 Å². The average molecular weight is 193 g/mol. The van der Waals surface area contributed by atoms with E-state index in [9.17, 15) is 8.42 Å². The first-order valence-corrected chi connectivity index (χ1v) is 5.41. The zero-order chi connectivity index (χ0) is 9.19. The van der Waals surface area contributed by atoms with Crippen molar-refractivity contribution in [1.29, 1.82) is 0 Å². The molecule has 1 saturated heterocycles. The zero-order valence-electron chi connectivity index (χ0n) is 7.45. The van der Waals surface area contributed by atoms with Gasteiger partial charge in [0, 0.05) is 27.2 Å². The van der Waals surface area contributed by atoms with Crippen LogP contribution in [0.25, 0.3) is 0 Å². The number of nitrogens with zero attached hydrogens (tertiary/aromatic N) is 2. The lowest BCUT2D eigenvalue weighted by Crippen LogP contribution is -2.45. The molecule has 0 amide bonds. The molecule has 1 N–H and O–H groups in total. The Hall–Kier alpha value is -0.170. The first-order valence-electron chi connectivity index (χ1n) is 3.97. The topological polar surface area (TPSA) is 52.7 Å². The Morgan fingerprint density at radius 1 is 1.25 bits per heavy atom. The fourth-order valence-electron chi connectivity index (χ4n) is 1.05. The van der Waals surface area contributed by atoms with Gasteiger partial charge in [0.15, 0.2) is 0 Å². The quantitative estimate of drug-likeness (QED) is 0.651. The highest BCUT2D eigenvalue weighted by atomic mass is 32.2. The molecule has 0 saturated carbocycles. The molecule has 0 atom stereocenters. The predicted octanol–water partition coefficient (Wildman–Crippen LogP) is -0.607. The van der Waals surface area contributed by atoms with Crippen molar-refractivity contribution < 1.29 is 8.42 Å². The molecule has 0 aliphatic carbocycles. The normalized spacial score (nSPS) is 20.6. The maximum Gasteiger partial charge on any atom is 0.291 e. The summed E-state index contributed by atoms with van der Waals surface area (Å²) < 4.78 is 23.7. The summed E-state index contributed by atoms with van der Waals surface area (Å²) >= 11 is 0. The molecule has 72 valence electrons. The number of rotatable bonds is 3. The van der Waals surface area contributed by atoms with E-state index in [4.69, 9.17) is 0 Å². The van der Waals surface area contributed by atoms with E-state index in [0.717, 1.165) is 25.9 Å². The Balaban J connectivity index is 2.49. The van der Waals surface area contributed by atoms with Crippen molar-refractivity contribution in [2.75, 3.05) is 27.2 Å². The van der Waals surface area contributed by atoms with E-state index < -0.39 is 10.2 Å². The van der Waals surface area contributed by atoms with Crippen molar-refractivity contribution in [3.05, 3.63) is 0 Å². The van der Waals surface area contributed by atoms with E-state index >= 15 is 0 Å². The zero-order valence-corrected chi connectivity index (χ0v) is 8.26. The number of hydrazine groups is 1. The summed E-state index contributed by atoms with van der Waals surface area (Å²) in [5.41, 5.74) is 0. The monoisotopic (exact) mass is 193 g/mol.